The molecule has 6 heteroatoms. The molecule has 1 fully saturated rings. The van der Waals surface area contributed by atoms with Crippen LogP contribution in [0.5, 0.6) is 0 Å². The number of anilines is 1. The van der Waals surface area contributed by atoms with Gasteiger partial charge in [-0.25, -0.2) is 4.98 Å². The van der Waals surface area contributed by atoms with Crippen LogP contribution in [0.15, 0.2) is 0 Å². The first kappa shape index (κ1) is 10.9. The lowest BCUT2D eigenvalue weighted by Crippen LogP contribution is -2.43. The van der Waals surface area contributed by atoms with E-state index in [-0.39, 0.29) is 5.91 Å². The maximum Gasteiger partial charge on any atom is 0.249 e. The summed E-state index contributed by atoms with van der Waals surface area (Å²) in [7, 11) is 0. The molecule has 1 saturated heterocycles. The molecule has 0 radical (unpaired) electrons. The average molecular weight is 221 g/mol. The molecule has 1 aromatic heterocycles. The summed E-state index contributed by atoms with van der Waals surface area (Å²) in [6, 6.07) is 0. The highest BCUT2D eigenvalue weighted by molar-refractivity contribution is 5.89. The molecule has 86 valence electrons. The first-order chi connectivity index (χ1) is 7.65. The molecule has 1 aliphatic rings. The van der Waals surface area contributed by atoms with E-state index in [2.05, 4.69) is 25.8 Å². The fraction of sp³-hybridized carbons (Fsp3) is 0.600. The van der Waals surface area contributed by atoms with E-state index in [0.29, 0.717) is 18.3 Å². The Hall–Kier alpha value is -1.56. The molecule has 0 saturated carbocycles. The van der Waals surface area contributed by atoms with Gasteiger partial charge in [-0.2, -0.15) is 5.10 Å². The second-order valence-electron chi connectivity index (χ2n) is 4.08. The summed E-state index contributed by atoms with van der Waals surface area (Å²) < 4.78 is 0. The van der Waals surface area contributed by atoms with Crippen molar-refractivity contribution in [2.45, 2.75) is 20.3 Å². The van der Waals surface area contributed by atoms with Crippen molar-refractivity contribution in [2.75, 3.05) is 18.4 Å². The van der Waals surface area contributed by atoms with Gasteiger partial charge in [0.05, 0.1) is 11.4 Å². The summed E-state index contributed by atoms with van der Waals surface area (Å²) in [6.07, 6.45) is 0.517. The molecule has 0 unspecified atom stereocenters. The summed E-state index contributed by atoms with van der Waals surface area (Å²) in [4.78, 5) is 15.7. The second-order valence-corrected chi connectivity index (χ2v) is 4.08. The van der Waals surface area contributed by atoms with Gasteiger partial charge in [-0.3, -0.25) is 10.1 Å². The molecular weight excluding hydrogens is 206 g/mol. The fourth-order valence-electron chi connectivity index (χ4n) is 1.44. The van der Waals surface area contributed by atoms with Crippen LogP contribution in [0.4, 0.5) is 5.95 Å². The van der Waals surface area contributed by atoms with Crippen molar-refractivity contribution in [3.05, 3.63) is 11.4 Å². The van der Waals surface area contributed by atoms with E-state index in [1.165, 1.54) is 0 Å². The van der Waals surface area contributed by atoms with Crippen LogP contribution in [0.2, 0.25) is 0 Å². The third-order valence-corrected chi connectivity index (χ3v) is 2.68. The minimum Gasteiger partial charge on any atom is -0.316 e. The summed E-state index contributed by atoms with van der Waals surface area (Å²) >= 11 is 0. The average Bonchev–Trinajstić information content (AvgIpc) is 2.18. The Balaban J connectivity index is 1.92. The monoisotopic (exact) mass is 221 g/mol. The highest BCUT2D eigenvalue weighted by Crippen LogP contribution is 2.09. The second kappa shape index (κ2) is 4.52. The molecule has 1 aromatic rings. The van der Waals surface area contributed by atoms with Crippen LogP contribution >= 0.6 is 0 Å². The molecular formula is C10H15N5O. The van der Waals surface area contributed by atoms with E-state index < -0.39 is 0 Å². The van der Waals surface area contributed by atoms with Gasteiger partial charge in [0.15, 0.2) is 0 Å². The van der Waals surface area contributed by atoms with Crippen molar-refractivity contribution in [3.8, 4) is 0 Å². The summed E-state index contributed by atoms with van der Waals surface area (Å²) in [5.74, 6) is 0.691. The minimum atomic E-state index is -0.0449. The third-order valence-electron chi connectivity index (χ3n) is 2.68. The fourth-order valence-corrected chi connectivity index (χ4v) is 1.44. The molecule has 16 heavy (non-hydrogen) atoms. The van der Waals surface area contributed by atoms with E-state index in [1.54, 1.807) is 0 Å². The number of nitrogens with one attached hydrogen (secondary N) is 2. The van der Waals surface area contributed by atoms with Crippen molar-refractivity contribution in [1.82, 2.24) is 20.5 Å². The van der Waals surface area contributed by atoms with E-state index in [9.17, 15) is 4.79 Å². The van der Waals surface area contributed by atoms with E-state index in [0.717, 1.165) is 24.5 Å². The van der Waals surface area contributed by atoms with Gasteiger partial charge < -0.3 is 5.32 Å². The van der Waals surface area contributed by atoms with Gasteiger partial charge in [-0.1, -0.05) is 0 Å². The van der Waals surface area contributed by atoms with Gasteiger partial charge in [0.2, 0.25) is 11.9 Å². The highest BCUT2D eigenvalue weighted by atomic mass is 16.1. The predicted octanol–water partition coefficient (Wildman–Crippen LogP) is 0.0364. The Morgan fingerprint density at radius 3 is 2.69 bits per heavy atom. The number of nitrogens with zero attached hydrogens (tertiary/aromatic N) is 3. The molecule has 1 amide bonds. The molecule has 6 nitrogen and oxygen atoms in total. The number of aromatic nitrogens is 3. The maximum atomic E-state index is 11.6. The summed E-state index contributed by atoms with van der Waals surface area (Å²) in [5, 5.41) is 13.5. The minimum absolute atomic E-state index is 0.0449. The zero-order valence-electron chi connectivity index (χ0n) is 9.45. The molecule has 2 heterocycles. The lowest BCUT2D eigenvalue weighted by molar-refractivity contribution is -0.117. The number of amides is 1. The van der Waals surface area contributed by atoms with Crippen molar-refractivity contribution in [2.24, 2.45) is 5.92 Å². The van der Waals surface area contributed by atoms with Crippen molar-refractivity contribution in [1.29, 1.82) is 0 Å². The van der Waals surface area contributed by atoms with E-state index in [4.69, 9.17) is 0 Å². The lowest BCUT2D eigenvalue weighted by Gasteiger charge is -2.26. The van der Waals surface area contributed by atoms with Crippen LogP contribution in [0.1, 0.15) is 17.8 Å². The van der Waals surface area contributed by atoms with Gasteiger partial charge in [0.25, 0.3) is 0 Å². The first-order valence-electron chi connectivity index (χ1n) is 5.33. The Morgan fingerprint density at radius 2 is 2.12 bits per heavy atom. The number of rotatable bonds is 3. The molecule has 0 atom stereocenters. The number of carbonyl (C=O) groups is 1. The Labute approximate surface area is 93.9 Å². The van der Waals surface area contributed by atoms with Crippen LogP contribution in [0, 0.1) is 19.8 Å². The molecule has 0 spiro atoms. The normalized spacial score (nSPS) is 15.6. The molecule has 0 aliphatic carbocycles. The Kier molecular flexibility index (Phi) is 3.09. The van der Waals surface area contributed by atoms with E-state index in [1.807, 2.05) is 13.8 Å². The molecule has 2 rings (SSSR count). The summed E-state index contributed by atoms with van der Waals surface area (Å²) in [5.41, 5.74) is 1.57. The number of aryl methyl sites for hydroxylation is 2. The SMILES string of the molecule is Cc1nnc(NC(=O)CC2CNC2)nc1C. The van der Waals surface area contributed by atoms with E-state index >= 15 is 0 Å². The van der Waals surface area contributed by atoms with Crippen LogP contribution in [0.3, 0.4) is 0 Å². The Bertz CT molecular complexity index is 402. The summed E-state index contributed by atoms with van der Waals surface area (Å²) in [6.45, 7) is 5.51. The lowest BCUT2D eigenvalue weighted by atomic mass is 9.99. The topological polar surface area (TPSA) is 79.8 Å². The zero-order valence-corrected chi connectivity index (χ0v) is 9.45. The maximum absolute atomic E-state index is 11.6. The first-order valence-corrected chi connectivity index (χ1v) is 5.33. The number of hydrogen-bond acceptors (Lipinski definition) is 5. The highest BCUT2D eigenvalue weighted by Gasteiger charge is 2.20. The quantitative estimate of drug-likeness (QED) is 0.753. The molecule has 0 aromatic carbocycles. The van der Waals surface area contributed by atoms with Gasteiger partial charge in [-0.15, -0.1) is 5.10 Å². The zero-order chi connectivity index (χ0) is 11.5. The van der Waals surface area contributed by atoms with Crippen LogP contribution in [-0.2, 0) is 4.79 Å². The Morgan fingerprint density at radius 1 is 1.38 bits per heavy atom. The van der Waals surface area contributed by atoms with Crippen LogP contribution in [0.25, 0.3) is 0 Å². The largest absolute Gasteiger partial charge is 0.316 e. The third kappa shape index (κ3) is 2.52. The predicted molar refractivity (Wildman–Crippen MR) is 58.9 cm³/mol. The van der Waals surface area contributed by atoms with Crippen molar-refractivity contribution >= 4 is 11.9 Å². The van der Waals surface area contributed by atoms with Gasteiger partial charge in [0.1, 0.15) is 0 Å². The van der Waals surface area contributed by atoms with Gasteiger partial charge in [-0.05, 0) is 32.9 Å². The molecule has 2 N–H and O–H groups in total. The van der Waals surface area contributed by atoms with Crippen LogP contribution in [-0.4, -0.2) is 34.2 Å². The van der Waals surface area contributed by atoms with Gasteiger partial charge in [0, 0.05) is 6.42 Å². The van der Waals surface area contributed by atoms with Crippen molar-refractivity contribution < 1.29 is 4.79 Å². The number of hydrogen-bond donors (Lipinski definition) is 2. The standard InChI is InChI=1S/C10H15N5O/c1-6-7(2)14-15-10(12-6)13-9(16)3-8-4-11-5-8/h8,11H,3-5H2,1-2H3,(H,12,13,15,16). The van der Waals surface area contributed by atoms with Crippen molar-refractivity contribution in [3.63, 3.8) is 0 Å². The smallest absolute Gasteiger partial charge is 0.249 e. The number of carbonyl (C=O) groups excluding carboxylic acids is 1. The van der Waals surface area contributed by atoms with Gasteiger partial charge >= 0.3 is 0 Å². The molecule has 0 bridgehead atoms. The van der Waals surface area contributed by atoms with Crippen LogP contribution < -0.4 is 10.6 Å². The molecule has 1 aliphatic heterocycles.